The molecular formula is C26H36N2O4S. The molecular weight excluding hydrogens is 436 g/mol. The summed E-state index contributed by atoms with van der Waals surface area (Å²) in [7, 11) is 0. The van der Waals surface area contributed by atoms with E-state index in [0.717, 1.165) is 37.1 Å². The summed E-state index contributed by atoms with van der Waals surface area (Å²) in [6.45, 7) is 9.83. The number of benzene rings is 1. The highest BCUT2D eigenvalue weighted by molar-refractivity contribution is 7.10. The van der Waals surface area contributed by atoms with E-state index in [1.54, 1.807) is 11.3 Å². The zero-order valence-corrected chi connectivity index (χ0v) is 20.9. The minimum atomic E-state index is 0.0164. The molecule has 1 aliphatic heterocycles. The average Bonchev–Trinajstić information content (AvgIpc) is 3.29. The summed E-state index contributed by atoms with van der Waals surface area (Å²) in [6, 6.07) is 7.97. The number of hydrogen-bond donors (Lipinski definition) is 0. The molecule has 1 aromatic carbocycles. The number of amides is 2. The molecule has 0 atom stereocenters. The quantitative estimate of drug-likeness (QED) is 0.434. The molecule has 0 N–H and O–H groups in total. The first-order valence-corrected chi connectivity index (χ1v) is 12.9. The molecule has 2 heterocycles. The fraction of sp³-hybridized carbons (Fsp3) is 0.538. The number of nitrogens with zero attached hydrogens (tertiary/aromatic N) is 2. The van der Waals surface area contributed by atoms with Gasteiger partial charge in [0.05, 0.1) is 13.2 Å². The van der Waals surface area contributed by atoms with Crippen LogP contribution in [0.4, 0.5) is 0 Å². The van der Waals surface area contributed by atoms with Crippen molar-refractivity contribution in [3.63, 3.8) is 0 Å². The summed E-state index contributed by atoms with van der Waals surface area (Å²) < 4.78 is 11.6. The van der Waals surface area contributed by atoms with Crippen molar-refractivity contribution in [1.29, 1.82) is 0 Å². The highest BCUT2D eigenvalue weighted by Crippen LogP contribution is 2.29. The molecule has 2 aromatic rings. The summed E-state index contributed by atoms with van der Waals surface area (Å²) in [5.74, 6) is 1.52. The van der Waals surface area contributed by atoms with Crippen LogP contribution in [0.1, 0.15) is 62.5 Å². The first kappa shape index (κ1) is 25.1. The second kappa shape index (κ2) is 12.6. The molecule has 1 aliphatic rings. The Morgan fingerprint density at radius 1 is 1.06 bits per heavy atom. The molecule has 2 amide bonds. The van der Waals surface area contributed by atoms with Crippen molar-refractivity contribution >= 4 is 23.2 Å². The fourth-order valence-corrected chi connectivity index (χ4v) is 4.91. The maximum Gasteiger partial charge on any atom is 0.223 e. The van der Waals surface area contributed by atoms with Crippen LogP contribution in [0.15, 0.2) is 29.6 Å². The van der Waals surface area contributed by atoms with E-state index in [-0.39, 0.29) is 24.7 Å². The lowest BCUT2D eigenvalue weighted by Crippen LogP contribution is -2.37. The smallest absolute Gasteiger partial charge is 0.223 e. The van der Waals surface area contributed by atoms with Crippen LogP contribution in [0.2, 0.25) is 0 Å². The van der Waals surface area contributed by atoms with Crippen LogP contribution < -0.4 is 9.47 Å². The van der Waals surface area contributed by atoms with Crippen molar-refractivity contribution in [3.8, 4) is 11.5 Å². The van der Waals surface area contributed by atoms with E-state index in [9.17, 15) is 9.59 Å². The molecule has 0 spiro atoms. The van der Waals surface area contributed by atoms with Gasteiger partial charge in [-0.2, -0.15) is 0 Å². The van der Waals surface area contributed by atoms with Gasteiger partial charge in [0.2, 0.25) is 11.8 Å². The van der Waals surface area contributed by atoms with E-state index in [0.29, 0.717) is 38.6 Å². The van der Waals surface area contributed by atoms with E-state index in [4.69, 9.17) is 9.47 Å². The standard InChI is InChI=1S/C26H36N2O4S/c1-4-13-27(18-20-7-8-22(32-15-5-2)23(17-20)31-6-3)25(29)9-10-26(30)28-14-11-24-21(19-28)12-16-33-24/h7-8,12,16-17H,4-6,9-11,13-15,18-19H2,1-3H3. The van der Waals surface area contributed by atoms with Crippen LogP contribution in [0.25, 0.3) is 0 Å². The van der Waals surface area contributed by atoms with Gasteiger partial charge >= 0.3 is 0 Å². The third kappa shape index (κ3) is 6.97. The van der Waals surface area contributed by atoms with Gasteiger partial charge in [0, 0.05) is 43.9 Å². The van der Waals surface area contributed by atoms with Gasteiger partial charge in [-0.1, -0.05) is 19.9 Å². The Morgan fingerprint density at radius 3 is 2.67 bits per heavy atom. The Labute approximate surface area is 201 Å². The molecule has 0 saturated heterocycles. The van der Waals surface area contributed by atoms with Crippen molar-refractivity contribution in [2.24, 2.45) is 0 Å². The molecule has 3 rings (SSSR count). The SMILES string of the molecule is CCCOc1ccc(CN(CCC)C(=O)CCC(=O)N2CCc3sccc3C2)cc1OCC. The number of fused-ring (bicyclic) bond motifs is 1. The largest absolute Gasteiger partial charge is 0.490 e. The number of carbonyl (C=O) groups is 2. The molecule has 0 bridgehead atoms. The summed E-state index contributed by atoms with van der Waals surface area (Å²) in [5.41, 5.74) is 2.24. The molecule has 7 heteroatoms. The molecule has 180 valence electrons. The molecule has 1 aromatic heterocycles. The zero-order chi connectivity index (χ0) is 23.6. The van der Waals surface area contributed by atoms with E-state index in [1.165, 1.54) is 10.4 Å². The lowest BCUT2D eigenvalue weighted by atomic mass is 10.1. The topological polar surface area (TPSA) is 59.1 Å². The van der Waals surface area contributed by atoms with Gasteiger partial charge in [0.1, 0.15) is 0 Å². The summed E-state index contributed by atoms with van der Waals surface area (Å²) in [6.07, 6.45) is 3.20. The Balaban J connectivity index is 1.58. The number of thiophene rings is 1. The van der Waals surface area contributed by atoms with Crippen molar-refractivity contribution < 1.29 is 19.1 Å². The van der Waals surface area contributed by atoms with E-state index >= 15 is 0 Å². The van der Waals surface area contributed by atoms with E-state index in [2.05, 4.69) is 25.3 Å². The second-order valence-electron chi connectivity index (χ2n) is 8.31. The highest BCUT2D eigenvalue weighted by Gasteiger charge is 2.23. The maximum atomic E-state index is 13.0. The van der Waals surface area contributed by atoms with Crippen molar-refractivity contribution in [1.82, 2.24) is 9.80 Å². The molecule has 0 unspecified atom stereocenters. The lowest BCUT2D eigenvalue weighted by Gasteiger charge is -2.28. The predicted octanol–water partition coefficient (Wildman–Crippen LogP) is 5.04. The molecule has 0 radical (unpaired) electrons. The lowest BCUT2D eigenvalue weighted by molar-refractivity contribution is -0.137. The van der Waals surface area contributed by atoms with Gasteiger partial charge in [0.15, 0.2) is 11.5 Å². The first-order valence-electron chi connectivity index (χ1n) is 12.0. The maximum absolute atomic E-state index is 13.0. The average molecular weight is 473 g/mol. The Morgan fingerprint density at radius 2 is 1.91 bits per heavy atom. The van der Waals surface area contributed by atoms with Crippen molar-refractivity contribution in [2.45, 2.75) is 66.0 Å². The van der Waals surface area contributed by atoms with Gasteiger partial charge in [-0.3, -0.25) is 9.59 Å². The Hall–Kier alpha value is -2.54. The minimum Gasteiger partial charge on any atom is -0.490 e. The normalized spacial score (nSPS) is 12.9. The van der Waals surface area contributed by atoms with Crippen molar-refractivity contribution in [3.05, 3.63) is 45.6 Å². The van der Waals surface area contributed by atoms with Crippen LogP contribution in [0.5, 0.6) is 11.5 Å². The fourth-order valence-electron chi connectivity index (χ4n) is 4.02. The second-order valence-corrected chi connectivity index (χ2v) is 9.31. The third-order valence-corrected chi connectivity index (χ3v) is 6.73. The summed E-state index contributed by atoms with van der Waals surface area (Å²) in [4.78, 5) is 30.8. The van der Waals surface area contributed by atoms with Gasteiger partial charge in [-0.05, 0) is 60.9 Å². The summed E-state index contributed by atoms with van der Waals surface area (Å²) in [5, 5.41) is 2.09. The van der Waals surface area contributed by atoms with E-state index in [1.807, 2.05) is 34.9 Å². The first-order chi connectivity index (χ1) is 16.0. The number of rotatable bonds is 12. The zero-order valence-electron chi connectivity index (χ0n) is 20.1. The van der Waals surface area contributed by atoms with Crippen LogP contribution in [-0.2, 0) is 29.1 Å². The van der Waals surface area contributed by atoms with Crippen LogP contribution >= 0.6 is 11.3 Å². The van der Waals surface area contributed by atoms with Gasteiger partial charge in [0.25, 0.3) is 0 Å². The van der Waals surface area contributed by atoms with Crippen LogP contribution in [-0.4, -0.2) is 47.9 Å². The van der Waals surface area contributed by atoms with Gasteiger partial charge in [-0.25, -0.2) is 0 Å². The molecule has 0 aliphatic carbocycles. The predicted molar refractivity (Wildman–Crippen MR) is 132 cm³/mol. The summed E-state index contributed by atoms with van der Waals surface area (Å²) >= 11 is 1.76. The minimum absolute atomic E-state index is 0.0164. The van der Waals surface area contributed by atoms with Gasteiger partial charge in [-0.15, -0.1) is 11.3 Å². The Kier molecular flexibility index (Phi) is 9.61. The monoisotopic (exact) mass is 472 g/mol. The number of carbonyl (C=O) groups excluding carboxylic acids is 2. The molecule has 0 saturated carbocycles. The Bertz CT molecular complexity index is 927. The van der Waals surface area contributed by atoms with Gasteiger partial charge < -0.3 is 19.3 Å². The van der Waals surface area contributed by atoms with Crippen molar-refractivity contribution in [2.75, 3.05) is 26.3 Å². The molecule has 6 nitrogen and oxygen atoms in total. The van der Waals surface area contributed by atoms with Crippen LogP contribution in [0.3, 0.4) is 0 Å². The third-order valence-electron chi connectivity index (χ3n) is 5.70. The highest BCUT2D eigenvalue weighted by atomic mass is 32.1. The van der Waals surface area contributed by atoms with Crippen LogP contribution in [0, 0.1) is 0 Å². The number of ether oxygens (including phenoxy) is 2. The molecule has 33 heavy (non-hydrogen) atoms. The number of hydrogen-bond acceptors (Lipinski definition) is 5. The van der Waals surface area contributed by atoms with E-state index < -0.39 is 0 Å². The molecule has 0 fully saturated rings.